The van der Waals surface area contributed by atoms with Crippen molar-refractivity contribution in [2.75, 3.05) is 19.0 Å². The van der Waals surface area contributed by atoms with Crippen molar-refractivity contribution in [1.82, 2.24) is 5.32 Å². The summed E-state index contributed by atoms with van der Waals surface area (Å²) in [5.41, 5.74) is 2.16. The van der Waals surface area contributed by atoms with Crippen LogP contribution in [0, 0.1) is 0 Å². The Hall–Kier alpha value is -2.33. The molecule has 1 heterocycles. The van der Waals surface area contributed by atoms with E-state index in [0.717, 1.165) is 20.1 Å². The van der Waals surface area contributed by atoms with Gasteiger partial charge < -0.3 is 24.8 Å². The lowest BCUT2D eigenvalue weighted by molar-refractivity contribution is -0.116. The molecule has 188 valence electrons. The van der Waals surface area contributed by atoms with E-state index in [4.69, 9.17) is 25.8 Å². The molecular weight excluding hydrogens is 632 g/mol. The van der Waals surface area contributed by atoms with Gasteiger partial charge in [0, 0.05) is 9.50 Å². The molecule has 1 aliphatic rings. The molecule has 36 heavy (non-hydrogen) atoms. The topological polar surface area (TPSA) is 68.8 Å². The molecule has 0 aliphatic carbocycles. The Balaban J connectivity index is 1.52. The van der Waals surface area contributed by atoms with Crippen LogP contribution in [0.25, 0.3) is 6.08 Å². The Morgan fingerprint density at radius 3 is 2.58 bits per heavy atom. The summed E-state index contributed by atoms with van der Waals surface area (Å²) in [6, 6.07) is 17.0. The summed E-state index contributed by atoms with van der Waals surface area (Å²) in [6.07, 6.45) is 1.82. The van der Waals surface area contributed by atoms with E-state index >= 15 is 0 Å². The summed E-state index contributed by atoms with van der Waals surface area (Å²) in [5.74, 6) is 1.66. The summed E-state index contributed by atoms with van der Waals surface area (Å²) in [7, 11) is 1.58. The smallest absolute Gasteiger partial charge is 0.260 e. The lowest BCUT2D eigenvalue weighted by atomic mass is 10.1. The number of hydrogen-bond donors (Lipinski definition) is 2. The van der Waals surface area contributed by atoms with E-state index in [1.807, 2.05) is 49.4 Å². The summed E-state index contributed by atoms with van der Waals surface area (Å²) in [5, 5.41) is 6.75. The van der Waals surface area contributed by atoms with Crippen molar-refractivity contribution in [2.24, 2.45) is 0 Å². The Morgan fingerprint density at radius 1 is 1.08 bits per heavy atom. The molecule has 10 heteroatoms. The second-order valence-corrected chi connectivity index (χ2v) is 11.0. The van der Waals surface area contributed by atoms with Crippen LogP contribution >= 0.6 is 55.2 Å². The van der Waals surface area contributed by atoms with Gasteiger partial charge in [-0.15, -0.1) is 0 Å². The highest BCUT2D eigenvalue weighted by molar-refractivity contribution is 9.10. The highest BCUT2D eigenvalue weighted by Crippen LogP contribution is 2.40. The molecule has 1 unspecified atom stereocenters. The van der Waals surface area contributed by atoms with Gasteiger partial charge in [0.2, 0.25) is 0 Å². The minimum atomic E-state index is -0.376. The minimum Gasteiger partial charge on any atom is -0.495 e. The fourth-order valence-electron chi connectivity index (χ4n) is 3.46. The summed E-state index contributed by atoms with van der Waals surface area (Å²) < 4.78 is 19.1. The zero-order valence-electron chi connectivity index (χ0n) is 19.4. The molecule has 0 aromatic heterocycles. The van der Waals surface area contributed by atoms with Gasteiger partial charge >= 0.3 is 0 Å². The van der Waals surface area contributed by atoms with E-state index in [1.54, 1.807) is 25.3 Å². The van der Waals surface area contributed by atoms with Gasteiger partial charge in [-0.1, -0.05) is 51.4 Å². The molecular formula is C26H23Br2ClN2O4S. The van der Waals surface area contributed by atoms with Gasteiger partial charge in [0.15, 0.2) is 17.0 Å². The quantitative estimate of drug-likeness (QED) is 0.234. The number of carbonyl (C=O) groups excluding carboxylic acids is 1. The number of methoxy groups -OCH3 is 1. The summed E-state index contributed by atoms with van der Waals surface area (Å²) >= 11 is 14.5. The maximum Gasteiger partial charge on any atom is 0.260 e. The van der Waals surface area contributed by atoms with Crippen LogP contribution in [0.5, 0.6) is 17.2 Å². The first kappa shape index (κ1) is 26.7. The number of hydrogen-bond acceptors (Lipinski definition) is 6. The molecule has 1 fully saturated rings. The van der Waals surface area contributed by atoms with Crippen molar-refractivity contribution in [1.29, 1.82) is 0 Å². The number of ether oxygens (including phenoxy) is 3. The van der Waals surface area contributed by atoms with Crippen molar-refractivity contribution in [3.63, 3.8) is 0 Å². The molecule has 4 rings (SSSR count). The standard InChI is InChI=1S/C26H23Br2ClN2O4S/c1-3-34-22-11-16(10-19(28)24(22)35-14-15-4-6-17(27)7-5-15)12-23-25(32)31-26(36-23)30-20-13-18(29)8-9-21(20)33-2/h4-13,26,30H,3,14H2,1-2H3,(H,31,32)/b23-12-. The zero-order valence-corrected chi connectivity index (χ0v) is 24.2. The van der Waals surface area contributed by atoms with Crippen molar-refractivity contribution >= 4 is 72.9 Å². The number of halogens is 3. The number of carbonyl (C=O) groups is 1. The van der Waals surface area contributed by atoms with Crippen LogP contribution < -0.4 is 24.8 Å². The molecule has 3 aromatic rings. The van der Waals surface area contributed by atoms with Crippen molar-refractivity contribution < 1.29 is 19.0 Å². The molecule has 6 nitrogen and oxygen atoms in total. The molecule has 2 N–H and O–H groups in total. The Labute approximate surface area is 236 Å². The molecule has 3 aromatic carbocycles. The summed E-state index contributed by atoms with van der Waals surface area (Å²) in [6.45, 7) is 2.78. The third-order valence-electron chi connectivity index (χ3n) is 5.10. The van der Waals surface area contributed by atoms with Crippen LogP contribution in [-0.4, -0.2) is 25.1 Å². The van der Waals surface area contributed by atoms with Crippen molar-refractivity contribution in [3.05, 3.63) is 84.6 Å². The second kappa shape index (κ2) is 12.3. The van der Waals surface area contributed by atoms with Crippen LogP contribution in [0.2, 0.25) is 5.02 Å². The number of amides is 1. The first-order valence-electron chi connectivity index (χ1n) is 11.0. The first-order valence-corrected chi connectivity index (χ1v) is 13.8. The lowest BCUT2D eigenvalue weighted by Gasteiger charge is -2.16. The van der Waals surface area contributed by atoms with Crippen LogP contribution in [-0.2, 0) is 11.4 Å². The fourth-order valence-corrected chi connectivity index (χ4v) is 5.45. The molecule has 1 saturated heterocycles. The van der Waals surface area contributed by atoms with Gasteiger partial charge in [0.05, 0.1) is 28.8 Å². The van der Waals surface area contributed by atoms with Gasteiger partial charge in [-0.3, -0.25) is 4.79 Å². The molecule has 0 bridgehead atoms. The normalized spacial score (nSPS) is 16.1. The van der Waals surface area contributed by atoms with Crippen LogP contribution in [0.15, 0.2) is 68.4 Å². The molecule has 1 atom stereocenters. The predicted octanol–water partition coefficient (Wildman–Crippen LogP) is 7.45. The highest BCUT2D eigenvalue weighted by Gasteiger charge is 2.28. The molecule has 1 aliphatic heterocycles. The number of thioether (sulfide) groups is 1. The largest absolute Gasteiger partial charge is 0.495 e. The monoisotopic (exact) mass is 652 g/mol. The lowest BCUT2D eigenvalue weighted by Crippen LogP contribution is -2.31. The van der Waals surface area contributed by atoms with E-state index in [9.17, 15) is 4.79 Å². The predicted molar refractivity (Wildman–Crippen MR) is 153 cm³/mol. The Kier molecular flexibility index (Phi) is 9.11. The fraction of sp³-hybridized carbons (Fsp3) is 0.192. The maximum atomic E-state index is 12.7. The number of nitrogens with one attached hydrogen (secondary N) is 2. The second-order valence-electron chi connectivity index (χ2n) is 7.65. The third kappa shape index (κ3) is 6.70. The van der Waals surface area contributed by atoms with Gasteiger partial charge in [-0.25, -0.2) is 0 Å². The van der Waals surface area contributed by atoms with E-state index in [0.29, 0.717) is 46.1 Å². The van der Waals surface area contributed by atoms with Gasteiger partial charge in [-0.2, -0.15) is 0 Å². The SMILES string of the molecule is CCOc1cc(/C=C2\SC(Nc3cc(Cl)ccc3OC)NC2=O)cc(Br)c1OCc1ccc(Br)cc1. The summed E-state index contributed by atoms with van der Waals surface area (Å²) in [4.78, 5) is 13.2. The van der Waals surface area contributed by atoms with Crippen LogP contribution in [0.4, 0.5) is 5.69 Å². The van der Waals surface area contributed by atoms with E-state index in [1.165, 1.54) is 11.8 Å². The number of anilines is 1. The van der Waals surface area contributed by atoms with Gasteiger partial charge in [0.25, 0.3) is 5.91 Å². The highest BCUT2D eigenvalue weighted by atomic mass is 79.9. The Bertz CT molecular complexity index is 1290. The Morgan fingerprint density at radius 2 is 1.86 bits per heavy atom. The minimum absolute atomic E-state index is 0.178. The average Bonchev–Trinajstić information content (AvgIpc) is 3.18. The molecule has 0 saturated carbocycles. The van der Waals surface area contributed by atoms with Crippen LogP contribution in [0.1, 0.15) is 18.1 Å². The maximum absolute atomic E-state index is 12.7. The van der Waals surface area contributed by atoms with E-state index in [2.05, 4.69) is 42.5 Å². The van der Waals surface area contributed by atoms with Crippen molar-refractivity contribution in [3.8, 4) is 17.2 Å². The first-order chi connectivity index (χ1) is 17.4. The average molecular weight is 655 g/mol. The number of benzene rings is 3. The van der Waals surface area contributed by atoms with E-state index in [-0.39, 0.29) is 11.4 Å². The number of rotatable bonds is 9. The van der Waals surface area contributed by atoms with Crippen molar-refractivity contribution in [2.45, 2.75) is 19.0 Å². The molecule has 1 amide bonds. The van der Waals surface area contributed by atoms with Crippen LogP contribution in [0.3, 0.4) is 0 Å². The molecule has 0 radical (unpaired) electrons. The zero-order chi connectivity index (χ0) is 25.7. The third-order valence-corrected chi connectivity index (χ3v) is 7.49. The van der Waals surface area contributed by atoms with Gasteiger partial charge in [0.1, 0.15) is 12.4 Å². The van der Waals surface area contributed by atoms with E-state index < -0.39 is 0 Å². The van der Waals surface area contributed by atoms with Gasteiger partial charge in [-0.05, 0) is 82.5 Å². The molecule has 0 spiro atoms.